The van der Waals surface area contributed by atoms with Gasteiger partial charge >= 0.3 is 0 Å². The molecule has 5 heteroatoms. The molecule has 0 radical (unpaired) electrons. The lowest BCUT2D eigenvalue weighted by molar-refractivity contribution is -0.145. The summed E-state index contributed by atoms with van der Waals surface area (Å²) in [6.45, 7) is 5.24. The van der Waals surface area contributed by atoms with Crippen molar-refractivity contribution in [2.45, 2.75) is 26.1 Å². The van der Waals surface area contributed by atoms with Gasteiger partial charge in [0.15, 0.2) is 6.61 Å². The molecule has 1 aliphatic rings. The van der Waals surface area contributed by atoms with Crippen molar-refractivity contribution < 1.29 is 14.3 Å². The molecule has 2 atom stereocenters. The van der Waals surface area contributed by atoms with Crippen molar-refractivity contribution in [3.63, 3.8) is 0 Å². The lowest BCUT2D eigenvalue weighted by Crippen LogP contribution is -2.49. The fourth-order valence-electron chi connectivity index (χ4n) is 2.05. The highest BCUT2D eigenvalue weighted by Gasteiger charge is 2.25. The third-order valence-electron chi connectivity index (χ3n) is 2.77. The highest BCUT2D eigenvalue weighted by atomic mass is 16.5. The number of hydrogen-bond acceptors (Lipinski definition) is 4. The van der Waals surface area contributed by atoms with Crippen LogP contribution in [0.4, 0.5) is 0 Å². The number of carbonyl (C=O) groups is 1. The summed E-state index contributed by atoms with van der Waals surface area (Å²) in [7, 11) is 0. The second-order valence-corrected chi connectivity index (χ2v) is 4.53. The third-order valence-corrected chi connectivity index (χ3v) is 2.77. The first-order chi connectivity index (χ1) is 8.65. The van der Waals surface area contributed by atoms with Gasteiger partial charge in [-0.05, 0) is 26.0 Å². The minimum atomic E-state index is -0.0131. The molecule has 0 spiro atoms. The number of nitrogens with zero attached hydrogens (tertiary/aromatic N) is 2. The van der Waals surface area contributed by atoms with Crippen molar-refractivity contribution in [1.82, 2.24) is 9.88 Å². The lowest BCUT2D eigenvalue weighted by Gasteiger charge is -2.35. The predicted molar refractivity (Wildman–Crippen MR) is 66.3 cm³/mol. The van der Waals surface area contributed by atoms with Crippen LogP contribution in [0, 0.1) is 0 Å². The molecule has 1 aromatic heterocycles. The molecule has 0 aromatic carbocycles. The van der Waals surface area contributed by atoms with Gasteiger partial charge in [-0.2, -0.15) is 0 Å². The zero-order chi connectivity index (χ0) is 13.0. The average molecular weight is 250 g/mol. The first kappa shape index (κ1) is 12.8. The van der Waals surface area contributed by atoms with Crippen molar-refractivity contribution in [3.05, 3.63) is 24.5 Å². The molecule has 1 aromatic rings. The van der Waals surface area contributed by atoms with Crippen molar-refractivity contribution in [3.8, 4) is 5.75 Å². The minimum Gasteiger partial charge on any atom is -0.482 e. The molecular weight excluding hydrogens is 232 g/mol. The predicted octanol–water partition coefficient (Wildman–Crippen LogP) is 1.10. The van der Waals surface area contributed by atoms with E-state index in [0.29, 0.717) is 18.8 Å². The van der Waals surface area contributed by atoms with E-state index in [4.69, 9.17) is 9.47 Å². The Morgan fingerprint density at radius 3 is 2.83 bits per heavy atom. The van der Waals surface area contributed by atoms with E-state index in [1.807, 2.05) is 13.8 Å². The van der Waals surface area contributed by atoms with Gasteiger partial charge in [0.2, 0.25) is 0 Å². The van der Waals surface area contributed by atoms with Gasteiger partial charge in [0, 0.05) is 19.3 Å². The fraction of sp³-hybridized carbons (Fsp3) is 0.538. The minimum absolute atomic E-state index is 0.0131. The molecule has 1 aliphatic heterocycles. The first-order valence-electron chi connectivity index (χ1n) is 6.11. The number of ether oxygens (including phenoxy) is 2. The molecule has 1 amide bonds. The van der Waals surface area contributed by atoms with Crippen LogP contribution in [0.5, 0.6) is 5.75 Å². The Kier molecular flexibility index (Phi) is 4.15. The van der Waals surface area contributed by atoms with Crippen molar-refractivity contribution in [2.75, 3.05) is 19.7 Å². The van der Waals surface area contributed by atoms with E-state index in [9.17, 15) is 4.79 Å². The zero-order valence-corrected chi connectivity index (χ0v) is 10.7. The van der Waals surface area contributed by atoms with Crippen LogP contribution in [0.3, 0.4) is 0 Å². The standard InChI is InChI=1S/C13H18N2O3/c1-10-7-15(8-11(2)18-10)13(16)9-17-12-4-3-5-14-6-12/h3-6,10-11H,7-9H2,1-2H3. The quantitative estimate of drug-likeness (QED) is 0.806. The smallest absolute Gasteiger partial charge is 0.260 e. The van der Waals surface area contributed by atoms with Crippen LogP contribution >= 0.6 is 0 Å². The maximum absolute atomic E-state index is 12.0. The summed E-state index contributed by atoms with van der Waals surface area (Å²) < 4.78 is 11.0. The van der Waals surface area contributed by atoms with Crippen LogP contribution < -0.4 is 4.74 Å². The van der Waals surface area contributed by atoms with E-state index in [1.54, 1.807) is 29.4 Å². The Morgan fingerprint density at radius 1 is 1.50 bits per heavy atom. The van der Waals surface area contributed by atoms with E-state index in [1.165, 1.54) is 0 Å². The van der Waals surface area contributed by atoms with E-state index in [2.05, 4.69) is 4.98 Å². The van der Waals surface area contributed by atoms with Crippen LogP contribution in [0.15, 0.2) is 24.5 Å². The molecule has 0 aliphatic carbocycles. The molecular formula is C13H18N2O3. The van der Waals surface area contributed by atoms with E-state index < -0.39 is 0 Å². The molecule has 2 rings (SSSR count). The zero-order valence-electron chi connectivity index (χ0n) is 10.7. The Bertz CT molecular complexity index is 386. The SMILES string of the molecule is CC1CN(C(=O)COc2cccnc2)CC(C)O1. The van der Waals surface area contributed by atoms with Gasteiger partial charge in [-0.1, -0.05) is 0 Å². The Labute approximate surface area is 107 Å². The monoisotopic (exact) mass is 250 g/mol. The normalized spacial score (nSPS) is 23.8. The van der Waals surface area contributed by atoms with Crippen LogP contribution in [0.2, 0.25) is 0 Å². The van der Waals surface area contributed by atoms with Gasteiger partial charge in [0.25, 0.3) is 5.91 Å². The number of amides is 1. The Hall–Kier alpha value is -1.62. The number of carbonyl (C=O) groups excluding carboxylic acids is 1. The summed E-state index contributed by atoms with van der Waals surface area (Å²) in [5.74, 6) is 0.598. The molecule has 1 saturated heterocycles. The third kappa shape index (κ3) is 3.43. The largest absolute Gasteiger partial charge is 0.482 e. The highest BCUT2D eigenvalue weighted by molar-refractivity contribution is 5.77. The van der Waals surface area contributed by atoms with Crippen molar-refractivity contribution >= 4 is 5.91 Å². The Morgan fingerprint density at radius 2 is 2.22 bits per heavy atom. The second-order valence-electron chi connectivity index (χ2n) is 4.53. The summed E-state index contributed by atoms with van der Waals surface area (Å²) in [6, 6.07) is 3.56. The lowest BCUT2D eigenvalue weighted by atomic mass is 10.2. The molecule has 2 heterocycles. The average Bonchev–Trinajstić information content (AvgIpc) is 2.36. The van der Waals surface area contributed by atoms with Crippen LogP contribution in [-0.2, 0) is 9.53 Å². The van der Waals surface area contributed by atoms with Crippen molar-refractivity contribution in [2.24, 2.45) is 0 Å². The van der Waals surface area contributed by atoms with E-state index >= 15 is 0 Å². The summed E-state index contributed by atoms with van der Waals surface area (Å²) in [5, 5.41) is 0. The van der Waals surface area contributed by atoms with E-state index in [-0.39, 0.29) is 24.7 Å². The number of hydrogen-bond donors (Lipinski definition) is 0. The Balaban J connectivity index is 1.84. The van der Waals surface area contributed by atoms with Gasteiger partial charge in [0.05, 0.1) is 18.4 Å². The molecule has 0 bridgehead atoms. The van der Waals surface area contributed by atoms with Crippen LogP contribution in [0.1, 0.15) is 13.8 Å². The molecule has 98 valence electrons. The number of morpholine rings is 1. The van der Waals surface area contributed by atoms with Gasteiger partial charge in [-0.25, -0.2) is 0 Å². The molecule has 18 heavy (non-hydrogen) atoms. The van der Waals surface area contributed by atoms with Gasteiger partial charge in [-0.15, -0.1) is 0 Å². The number of aromatic nitrogens is 1. The maximum Gasteiger partial charge on any atom is 0.260 e. The molecule has 0 N–H and O–H groups in total. The van der Waals surface area contributed by atoms with Crippen LogP contribution in [-0.4, -0.2) is 47.7 Å². The van der Waals surface area contributed by atoms with Gasteiger partial charge < -0.3 is 14.4 Å². The summed E-state index contributed by atoms with van der Waals surface area (Å²) in [6.07, 6.45) is 3.42. The molecule has 1 fully saturated rings. The maximum atomic E-state index is 12.0. The molecule has 0 saturated carbocycles. The van der Waals surface area contributed by atoms with E-state index in [0.717, 1.165) is 0 Å². The summed E-state index contributed by atoms with van der Waals surface area (Å²) in [5.41, 5.74) is 0. The number of pyridine rings is 1. The van der Waals surface area contributed by atoms with Crippen LogP contribution in [0.25, 0.3) is 0 Å². The summed E-state index contributed by atoms with van der Waals surface area (Å²) in [4.78, 5) is 17.7. The fourth-order valence-corrected chi connectivity index (χ4v) is 2.05. The topological polar surface area (TPSA) is 51.7 Å². The second kappa shape index (κ2) is 5.82. The summed E-state index contributed by atoms with van der Waals surface area (Å²) >= 11 is 0. The molecule has 2 unspecified atom stereocenters. The first-order valence-corrected chi connectivity index (χ1v) is 6.11. The van der Waals surface area contributed by atoms with Gasteiger partial charge in [0.1, 0.15) is 5.75 Å². The van der Waals surface area contributed by atoms with Crippen molar-refractivity contribution in [1.29, 1.82) is 0 Å². The number of rotatable bonds is 3. The van der Waals surface area contributed by atoms with Gasteiger partial charge in [-0.3, -0.25) is 9.78 Å². The molecule has 5 nitrogen and oxygen atoms in total. The highest BCUT2D eigenvalue weighted by Crippen LogP contribution is 2.12.